The van der Waals surface area contributed by atoms with Gasteiger partial charge in [0.25, 0.3) is 11.8 Å². The summed E-state index contributed by atoms with van der Waals surface area (Å²) in [5, 5.41) is 12.1. The summed E-state index contributed by atoms with van der Waals surface area (Å²) in [6.45, 7) is 0.331. The first kappa shape index (κ1) is 23.6. The number of hydrogen-bond donors (Lipinski definition) is 2. The number of nitrogens with zero attached hydrogens (tertiary/aromatic N) is 3. The maximum Gasteiger partial charge on any atom is 0.418 e. The smallest absolute Gasteiger partial charge is 0.322 e. The van der Waals surface area contributed by atoms with Crippen LogP contribution in [0.25, 0.3) is 0 Å². The molecule has 1 aromatic heterocycles. The summed E-state index contributed by atoms with van der Waals surface area (Å²) in [4.78, 5) is 24.8. The number of anilines is 2. The van der Waals surface area contributed by atoms with Crippen molar-refractivity contribution in [2.24, 2.45) is 0 Å². The molecule has 4 aromatic rings. The van der Waals surface area contributed by atoms with Crippen LogP contribution < -0.4 is 10.6 Å². The number of nitrogens with one attached hydrogen (secondary N) is 2. The van der Waals surface area contributed by atoms with Gasteiger partial charge in [0.15, 0.2) is 5.69 Å². The minimum atomic E-state index is -4.83. The SMILES string of the molecule is O=C(Nc1ccc(NC(=O)c2cn(Cc3ccccc3)nn2)c(C(F)(F)F)c1)c1ccc(F)cc1. The predicted molar refractivity (Wildman–Crippen MR) is 119 cm³/mol. The van der Waals surface area contributed by atoms with Gasteiger partial charge in [-0.3, -0.25) is 9.59 Å². The van der Waals surface area contributed by atoms with E-state index in [1.54, 1.807) is 0 Å². The first-order chi connectivity index (χ1) is 16.7. The molecular formula is C24H17F4N5O2. The monoisotopic (exact) mass is 483 g/mol. The lowest BCUT2D eigenvalue weighted by atomic mass is 10.1. The zero-order valence-electron chi connectivity index (χ0n) is 17.9. The lowest BCUT2D eigenvalue weighted by Gasteiger charge is -2.15. The number of halogens is 4. The van der Waals surface area contributed by atoms with Gasteiger partial charge in [0.1, 0.15) is 5.82 Å². The third-order valence-corrected chi connectivity index (χ3v) is 4.90. The molecule has 0 aliphatic heterocycles. The van der Waals surface area contributed by atoms with Crippen LogP contribution in [-0.2, 0) is 12.7 Å². The van der Waals surface area contributed by atoms with Crippen molar-refractivity contribution in [2.75, 3.05) is 10.6 Å². The summed E-state index contributed by atoms with van der Waals surface area (Å²) in [6.07, 6.45) is -3.50. The molecule has 0 aliphatic carbocycles. The predicted octanol–water partition coefficient (Wildman–Crippen LogP) is 4.99. The van der Waals surface area contributed by atoms with Gasteiger partial charge in [-0.25, -0.2) is 9.07 Å². The maximum atomic E-state index is 13.7. The van der Waals surface area contributed by atoms with Crippen LogP contribution in [0.15, 0.2) is 79.0 Å². The van der Waals surface area contributed by atoms with E-state index in [1.807, 2.05) is 30.3 Å². The summed E-state index contributed by atoms with van der Waals surface area (Å²) >= 11 is 0. The highest BCUT2D eigenvalue weighted by Crippen LogP contribution is 2.37. The Bertz CT molecular complexity index is 1350. The summed E-state index contributed by atoms with van der Waals surface area (Å²) in [6, 6.07) is 16.7. The van der Waals surface area contributed by atoms with Crippen molar-refractivity contribution >= 4 is 23.2 Å². The second-order valence-corrected chi connectivity index (χ2v) is 7.46. The maximum absolute atomic E-state index is 13.7. The standard InChI is InChI=1S/C24H17F4N5O2/c25-17-8-6-16(7-9-17)22(34)29-18-10-11-20(19(12-18)24(26,27)28)30-23(35)21-14-33(32-31-21)13-15-4-2-1-3-5-15/h1-12,14H,13H2,(H,29,34)(H,30,35). The summed E-state index contributed by atoms with van der Waals surface area (Å²) in [5.74, 6) is -2.15. The van der Waals surface area contributed by atoms with E-state index < -0.39 is 35.1 Å². The van der Waals surface area contributed by atoms with Crippen LogP contribution in [0.5, 0.6) is 0 Å². The zero-order chi connectivity index (χ0) is 25.0. The van der Waals surface area contributed by atoms with Gasteiger partial charge in [0.05, 0.1) is 24.0 Å². The molecule has 0 atom stereocenters. The van der Waals surface area contributed by atoms with Gasteiger partial charge in [0.2, 0.25) is 0 Å². The molecule has 0 spiro atoms. The molecule has 0 aliphatic rings. The quantitative estimate of drug-likeness (QED) is 0.378. The molecule has 3 aromatic carbocycles. The minimum absolute atomic E-state index is 0.0657. The number of alkyl halides is 3. The van der Waals surface area contributed by atoms with E-state index >= 15 is 0 Å². The average molecular weight is 483 g/mol. The van der Waals surface area contributed by atoms with Crippen LogP contribution in [0.2, 0.25) is 0 Å². The number of carbonyl (C=O) groups excluding carboxylic acids is 2. The Kier molecular flexibility index (Phi) is 6.58. The Labute approximate surface area is 196 Å². The normalized spacial score (nSPS) is 11.2. The molecule has 0 radical (unpaired) electrons. The van der Waals surface area contributed by atoms with Gasteiger partial charge < -0.3 is 10.6 Å². The van der Waals surface area contributed by atoms with Crippen molar-refractivity contribution < 1.29 is 27.2 Å². The van der Waals surface area contributed by atoms with Crippen LogP contribution in [0, 0.1) is 5.82 Å². The molecule has 2 amide bonds. The fourth-order valence-corrected chi connectivity index (χ4v) is 3.21. The first-order valence-electron chi connectivity index (χ1n) is 10.2. The van der Waals surface area contributed by atoms with Crippen LogP contribution in [0.1, 0.15) is 32.0 Å². The number of amides is 2. The summed E-state index contributed by atoms with van der Waals surface area (Å²) < 4.78 is 55.5. The fourth-order valence-electron chi connectivity index (χ4n) is 3.21. The van der Waals surface area contributed by atoms with Crippen molar-refractivity contribution in [3.05, 3.63) is 107 Å². The highest BCUT2D eigenvalue weighted by Gasteiger charge is 2.34. The number of benzene rings is 3. The van der Waals surface area contributed by atoms with Crippen molar-refractivity contribution in [3.63, 3.8) is 0 Å². The van der Waals surface area contributed by atoms with E-state index in [9.17, 15) is 27.2 Å². The van der Waals surface area contributed by atoms with E-state index in [2.05, 4.69) is 20.9 Å². The molecule has 0 unspecified atom stereocenters. The van der Waals surface area contributed by atoms with Crippen molar-refractivity contribution in [3.8, 4) is 0 Å². The topological polar surface area (TPSA) is 88.9 Å². The third-order valence-electron chi connectivity index (χ3n) is 4.90. The molecule has 0 fully saturated rings. The van der Waals surface area contributed by atoms with Crippen LogP contribution in [-0.4, -0.2) is 26.8 Å². The van der Waals surface area contributed by atoms with Crippen LogP contribution in [0.4, 0.5) is 28.9 Å². The Morgan fingerprint density at radius 3 is 2.29 bits per heavy atom. The fraction of sp³-hybridized carbons (Fsp3) is 0.0833. The van der Waals surface area contributed by atoms with Crippen molar-refractivity contribution in [1.29, 1.82) is 0 Å². The van der Waals surface area contributed by atoms with Gasteiger partial charge in [-0.15, -0.1) is 5.10 Å². The van der Waals surface area contributed by atoms with Gasteiger partial charge >= 0.3 is 6.18 Å². The molecule has 0 saturated heterocycles. The van der Waals surface area contributed by atoms with E-state index in [0.717, 1.165) is 23.8 Å². The van der Waals surface area contributed by atoms with E-state index in [4.69, 9.17) is 0 Å². The molecule has 4 rings (SSSR count). The van der Waals surface area contributed by atoms with Crippen molar-refractivity contribution in [1.82, 2.24) is 15.0 Å². The lowest BCUT2D eigenvalue weighted by Crippen LogP contribution is -2.18. The number of carbonyl (C=O) groups is 2. The molecule has 2 N–H and O–H groups in total. The number of rotatable bonds is 6. The van der Waals surface area contributed by atoms with Crippen LogP contribution in [0.3, 0.4) is 0 Å². The van der Waals surface area contributed by atoms with Gasteiger partial charge in [-0.1, -0.05) is 35.5 Å². The largest absolute Gasteiger partial charge is 0.418 e. The molecular weight excluding hydrogens is 466 g/mol. The van der Waals surface area contributed by atoms with Crippen LogP contribution >= 0.6 is 0 Å². The second-order valence-electron chi connectivity index (χ2n) is 7.46. The van der Waals surface area contributed by atoms with E-state index in [0.29, 0.717) is 12.6 Å². The first-order valence-corrected chi connectivity index (χ1v) is 10.2. The number of hydrogen-bond acceptors (Lipinski definition) is 4. The molecule has 178 valence electrons. The zero-order valence-corrected chi connectivity index (χ0v) is 17.9. The average Bonchev–Trinajstić information content (AvgIpc) is 3.29. The van der Waals surface area contributed by atoms with E-state index in [1.165, 1.54) is 29.1 Å². The van der Waals surface area contributed by atoms with Gasteiger partial charge in [0, 0.05) is 11.3 Å². The minimum Gasteiger partial charge on any atom is -0.322 e. The highest BCUT2D eigenvalue weighted by atomic mass is 19.4. The summed E-state index contributed by atoms with van der Waals surface area (Å²) in [7, 11) is 0. The molecule has 35 heavy (non-hydrogen) atoms. The molecule has 0 bridgehead atoms. The third kappa shape index (κ3) is 5.88. The Morgan fingerprint density at radius 1 is 0.886 bits per heavy atom. The lowest BCUT2D eigenvalue weighted by molar-refractivity contribution is -0.136. The molecule has 0 saturated carbocycles. The molecule has 11 heteroatoms. The van der Waals surface area contributed by atoms with E-state index in [-0.39, 0.29) is 16.9 Å². The summed E-state index contributed by atoms with van der Waals surface area (Å²) in [5.41, 5.74) is -1.03. The van der Waals surface area contributed by atoms with Crippen molar-refractivity contribution in [2.45, 2.75) is 12.7 Å². The highest BCUT2D eigenvalue weighted by molar-refractivity contribution is 6.05. The molecule has 1 heterocycles. The van der Waals surface area contributed by atoms with Gasteiger partial charge in [-0.2, -0.15) is 13.2 Å². The molecule has 7 nitrogen and oxygen atoms in total. The Balaban J connectivity index is 1.50. The number of aromatic nitrogens is 3. The second kappa shape index (κ2) is 9.75. The Morgan fingerprint density at radius 2 is 1.60 bits per heavy atom. The Hall–Kier alpha value is -4.54. The van der Waals surface area contributed by atoms with Gasteiger partial charge in [-0.05, 0) is 48.0 Å².